The summed E-state index contributed by atoms with van der Waals surface area (Å²) in [4.78, 5) is 28.8. The van der Waals surface area contributed by atoms with Crippen molar-refractivity contribution in [3.63, 3.8) is 0 Å². The largest absolute Gasteiger partial charge is 0.497 e. The van der Waals surface area contributed by atoms with Crippen LogP contribution in [-0.2, 0) is 19.5 Å². The number of nitrogens with one attached hydrogen (secondary N) is 1. The van der Waals surface area contributed by atoms with Crippen LogP contribution >= 0.6 is 0 Å². The summed E-state index contributed by atoms with van der Waals surface area (Å²) in [5, 5.41) is 4.88. The number of para-hydroxylation sites is 1. The average Bonchev–Trinajstić information content (AvgIpc) is 3.27. The molecule has 3 N–H and O–H groups in total. The number of fused-ring (bicyclic) bond motifs is 1. The number of allylic oxidation sites excluding steroid dienone is 1. The van der Waals surface area contributed by atoms with Gasteiger partial charge >= 0.3 is 0 Å². The van der Waals surface area contributed by atoms with Gasteiger partial charge in [-0.05, 0) is 48.0 Å². The van der Waals surface area contributed by atoms with E-state index in [0.717, 1.165) is 34.8 Å². The van der Waals surface area contributed by atoms with E-state index in [2.05, 4.69) is 27.9 Å². The van der Waals surface area contributed by atoms with Gasteiger partial charge in [-0.1, -0.05) is 30.8 Å². The third-order valence-electron chi connectivity index (χ3n) is 6.04. The molecule has 0 saturated heterocycles. The van der Waals surface area contributed by atoms with Crippen LogP contribution in [0.5, 0.6) is 5.75 Å². The maximum absolute atomic E-state index is 13.1. The molecule has 1 amide bonds. The standard InChI is InChI=1S/C28H26N6O2/c1-19-15-21-7-3-4-9-25(21)34(19)28-32-18-24(27(35)31-17-22-8-5-6-14-29-22)26(33-28)30-16-20-10-12-23(36-2)13-11-20/h3-14,18H,1,15-17H2,2H3,(H,31,35)(H,30,32,33)/p+1. The zero-order valence-electron chi connectivity index (χ0n) is 20.0. The number of hydrogen-bond acceptors (Lipinski definition) is 6. The van der Waals surface area contributed by atoms with Gasteiger partial charge in [0.05, 0.1) is 31.2 Å². The lowest BCUT2D eigenvalue weighted by atomic mass is 10.1. The molecule has 4 aromatic rings. The third-order valence-corrected chi connectivity index (χ3v) is 6.04. The van der Waals surface area contributed by atoms with Gasteiger partial charge in [0.25, 0.3) is 5.91 Å². The van der Waals surface area contributed by atoms with Crippen molar-refractivity contribution < 1.29 is 14.8 Å². The Bertz CT molecular complexity index is 1390. The lowest BCUT2D eigenvalue weighted by Crippen LogP contribution is -2.77. The van der Waals surface area contributed by atoms with Gasteiger partial charge in [-0.2, -0.15) is 4.98 Å². The number of quaternary nitrogens is 1. The monoisotopic (exact) mass is 479 g/mol. The molecular formula is C28H27N6O2+. The topological polar surface area (TPSA) is 96.9 Å². The Labute approximate surface area is 209 Å². The minimum atomic E-state index is -0.256. The van der Waals surface area contributed by atoms with Crippen molar-refractivity contribution in [3.05, 3.63) is 114 Å². The van der Waals surface area contributed by atoms with Crippen molar-refractivity contribution in [1.29, 1.82) is 0 Å². The van der Waals surface area contributed by atoms with Crippen molar-refractivity contribution in [2.24, 2.45) is 0 Å². The molecule has 5 rings (SSSR count). The van der Waals surface area contributed by atoms with Crippen LogP contribution in [0.2, 0.25) is 0 Å². The Kier molecular flexibility index (Phi) is 6.68. The first-order valence-electron chi connectivity index (χ1n) is 11.7. The van der Waals surface area contributed by atoms with Crippen LogP contribution in [0.3, 0.4) is 0 Å². The zero-order valence-corrected chi connectivity index (χ0v) is 20.0. The molecule has 1 aliphatic heterocycles. The molecule has 8 nitrogen and oxygen atoms in total. The summed E-state index contributed by atoms with van der Waals surface area (Å²) < 4.78 is 5.25. The maximum Gasteiger partial charge on any atom is 0.261 e. The highest BCUT2D eigenvalue weighted by Gasteiger charge is 2.28. The normalized spacial score (nSPS) is 12.4. The fraction of sp³-hybridized carbons (Fsp3) is 0.143. The van der Waals surface area contributed by atoms with Gasteiger partial charge < -0.3 is 10.1 Å². The number of hydrogen-bond donors (Lipinski definition) is 2. The van der Waals surface area contributed by atoms with Crippen molar-refractivity contribution in [1.82, 2.24) is 20.3 Å². The number of carbonyl (C=O) groups excluding carboxylic acids is 1. The highest BCUT2D eigenvalue weighted by atomic mass is 16.5. The van der Waals surface area contributed by atoms with Crippen LogP contribution in [0.1, 0.15) is 27.2 Å². The third kappa shape index (κ3) is 4.94. The van der Waals surface area contributed by atoms with Gasteiger partial charge in [-0.3, -0.25) is 20.0 Å². The number of amides is 1. The van der Waals surface area contributed by atoms with E-state index in [0.29, 0.717) is 30.4 Å². The molecule has 0 saturated carbocycles. The van der Waals surface area contributed by atoms with E-state index in [-0.39, 0.29) is 5.91 Å². The first kappa shape index (κ1) is 23.2. The molecule has 0 radical (unpaired) electrons. The van der Waals surface area contributed by atoms with Crippen LogP contribution in [-0.4, -0.2) is 28.0 Å². The van der Waals surface area contributed by atoms with E-state index in [1.807, 2.05) is 70.9 Å². The molecule has 2 aromatic heterocycles. The number of benzene rings is 2. The van der Waals surface area contributed by atoms with Gasteiger partial charge in [0.15, 0.2) is 0 Å². The molecule has 3 heterocycles. The zero-order chi connectivity index (χ0) is 24.9. The highest BCUT2D eigenvalue weighted by Crippen LogP contribution is 2.38. The summed E-state index contributed by atoms with van der Waals surface area (Å²) in [6.07, 6.45) is 4.02. The number of nitrogens with two attached hydrogens (primary N) is 1. The number of aromatic nitrogens is 3. The van der Waals surface area contributed by atoms with Crippen LogP contribution in [0.4, 0.5) is 17.5 Å². The lowest BCUT2D eigenvalue weighted by molar-refractivity contribution is -0.592. The molecule has 0 bridgehead atoms. The van der Waals surface area contributed by atoms with Gasteiger partial charge in [0, 0.05) is 23.9 Å². The number of methoxy groups -OCH3 is 1. The van der Waals surface area contributed by atoms with Crippen molar-refractivity contribution in [2.75, 3.05) is 12.0 Å². The predicted molar refractivity (Wildman–Crippen MR) is 137 cm³/mol. The molecule has 0 unspecified atom stereocenters. The average molecular weight is 480 g/mol. The van der Waals surface area contributed by atoms with Crippen LogP contribution in [0, 0.1) is 0 Å². The van der Waals surface area contributed by atoms with Crippen LogP contribution < -0.4 is 20.3 Å². The summed E-state index contributed by atoms with van der Waals surface area (Å²) in [6, 6.07) is 21.5. The number of nitrogens with zero attached hydrogens (tertiary/aromatic N) is 4. The highest BCUT2D eigenvalue weighted by molar-refractivity contribution is 5.97. The molecule has 180 valence electrons. The van der Waals surface area contributed by atoms with Crippen molar-refractivity contribution in [3.8, 4) is 5.75 Å². The summed E-state index contributed by atoms with van der Waals surface area (Å²) in [5.74, 6) is 1.59. The first-order chi connectivity index (χ1) is 17.6. The molecule has 0 atom stereocenters. The van der Waals surface area contributed by atoms with Gasteiger partial charge in [-0.25, -0.2) is 4.98 Å². The van der Waals surface area contributed by atoms with E-state index in [1.54, 1.807) is 19.5 Å². The Balaban J connectivity index is 1.43. The quantitative estimate of drug-likeness (QED) is 0.402. The van der Waals surface area contributed by atoms with E-state index >= 15 is 0 Å². The smallest absolute Gasteiger partial charge is 0.261 e. The van der Waals surface area contributed by atoms with E-state index < -0.39 is 0 Å². The molecular weight excluding hydrogens is 452 g/mol. The maximum atomic E-state index is 13.1. The molecule has 0 fully saturated rings. The van der Waals surface area contributed by atoms with Gasteiger partial charge in [0.2, 0.25) is 11.8 Å². The van der Waals surface area contributed by atoms with Gasteiger partial charge in [-0.15, -0.1) is 0 Å². The minimum Gasteiger partial charge on any atom is -0.497 e. The predicted octanol–water partition coefficient (Wildman–Crippen LogP) is 3.41. The van der Waals surface area contributed by atoms with Gasteiger partial charge in [0.1, 0.15) is 17.9 Å². The second-order valence-electron chi connectivity index (χ2n) is 8.44. The Morgan fingerprint density at radius 2 is 1.89 bits per heavy atom. The SMILES string of the molecule is C=C1Cc2ccccc2N1c1ncc(C(=O)NCc2ccccn2)c([NH2+]Cc2ccc(OC)cc2)n1. The lowest BCUT2D eigenvalue weighted by Gasteiger charge is -2.19. The summed E-state index contributed by atoms with van der Waals surface area (Å²) in [7, 11) is 1.64. The van der Waals surface area contributed by atoms with E-state index in [1.165, 1.54) is 5.56 Å². The van der Waals surface area contributed by atoms with Crippen LogP contribution in [0.25, 0.3) is 0 Å². The fourth-order valence-corrected chi connectivity index (χ4v) is 4.17. The molecule has 2 aromatic carbocycles. The first-order valence-corrected chi connectivity index (χ1v) is 11.7. The Morgan fingerprint density at radius 3 is 2.67 bits per heavy atom. The van der Waals surface area contributed by atoms with Crippen molar-refractivity contribution >= 4 is 23.4 Å². The minimum absolute atomic E-state index is 0.256. The summed E-state index contributed by atoms with van der Waals surface area (Å²) in [5.41, 5.74) is 5.33. The second kappa shape index (κ2) is 10.4. The molecule has 0 spiro atoms. The summed E-state index contributed by atoms with van der Waals surface area (Å²) >= 11 is 0. The van der Waals surface area contributed by atoms with E-state index in [9.17, 15) is 4.79 Å². The Morgan fingerprint density at radius 1 is 1.08 bits per heavy atom. The summed E-state index contributed by atoms with van der Waals surface area (Å²) in [6.45, 7) is 5.14. The number of anilines is 2. The molecule has 1 aliphatic rings. The Hall–Kier alpha value is -4.56. The number of ether oxygens (including phenoxy) is 1. The molecule has 8 heteroatoms. The fourth-order valence-electron chi connectivity index (χ4n) is 4.17. The second-order valence-corrected chi connectivity index (χ2v) is 8.44. The van der Waals surface area contributed by atoms with Crippen LogP contribution in [0.15, 0.2) is 91.4 Å². The number of pyridine rings is 1. The van der Waals surface area contributed by atoms with E-state index in [4.69, 9.17) is 9.72 Å². The molecule has 36 heavy (non-hydrogen) atoms. The number of carbonyl (C=O) groups is 1. The van der Waals surface area contributed by atoms with Crippen molar-refractivity contribution in [2.45, 2.75) is 19.5 Å². The number of rotatable bonds is 8. The molecule has 0 aliphatic carbocycles.